The van der Waals surface area contributed by atoms with Crippen molar-refractivity contribution in [2.24, 2.45) is 0 Å². The third-order valence-electron chi connectivity index (χ3n) is 3.88. The molecule has 2 rings (SSSR count). The SMILES string of the molecule is COc1ccc(Cl)cc1NC(C)C(=O)NC1CCCCC1. The van der Waals surface area contributed by atoms with Gasteiger partial charge in [0.1, 0.15) is 11.8 Å². The highest BCUT2D eigenvalue weighted by molar-refractivity contribution is 6.30. The van der Waals surface area contributed by atoms with Gasteiger partial charge in [0.15, 0.2) is 0 Å². The van der Waals surface area contributed by atoms with E-state index in [1.165, 1.54) is 19.3 Å². The number of hydrogen-bond donors (Lipinski definition) is 2. The summed E-state index contributed by atoms with van der Waals surface area (Å²) in [4.78, 5) is 12.3. The van der Waals surface area contributed by atoms with Crippen LogP contribution in [0.4, 0.5) is 5.69 Å². The van der Waals surface area contributed by atoms with Crippen molar-refractivity contribution in [3.05, 3.63) is 23.2 Å². The Labute approximate surface area is 131 Å². The third kappa shape index (κ3) is 4.53. The van der Waals surface area contributed by atoms with Gasteiger partial charge in [0.25, 0.3) is 0 Å². The summed E-state index contributed by atoms with van der Waals surface area (Å²) < 4.78 is 5.28. The van der Waals surface area contributed by atoms with Gasteiger partial charge in [-0.05, 0) is 38.0 Å². The fourth-order valence-corrected chi connectivity index (χ4v) is 2.84. The van der Waals surface area contributed by atoms with Gasteiger partial charge in [-0.25, -0.2) is 0 Å². The molecule has 0 radical (unpaired) electrons. The number of benzene rings is 1. The number of hydrogen-bond acceptors (Lipinski definition) is 3. The van der Waals surface area contributed by atoms with Crippen molar-refractivity contribution in [1.29, 1.82) is 0 Å². The quantitative estimate of drug-likeness (QED) is 0.873. The zero-order valence-electron chi connectivity index (χ0n) is 12.6. The van der Waals surface area contributed by atoms with Gasteiger partial charge in [-0.3, -0.25) is 4.79 Å². The summed E-state index contributed by atoms with van der Waals surface area (Å²) in [5.74, 6) is 0.695. The summed E-state index contributed by atoms with van der Waals surface area (Å²) in [5.41, 5.74) is 0.733. The van der Waals surface area contributed by atoms with E-state index in [1.54, 1.807) is 25.3 Å². The number of ether oxygens (including phenoxy) is 1. The minimum atomic E-state index is -0.334. The summed E-state index contributed by atoms with van der Waals surface area (Å²) in [7, 11) is 1.60. The Morgan fingerprint density at radius 1 is 1.33 bits per heavy atom. The van der Waals surface area contributed by atoms with Gasteiger partial charge >= 0.3 is 0 Å². The molecule has 5 heteroatoms. The Morgan fingerprint density at radius 2 is 2.05 bits per heavy atom. The zero-order valence-corrected chi connectivity index (χ0v) is 13.4. The van der Waals surface area contributed by atoms with Gasteiger partial charge in [0, 0.05) is 11.1 Å². The Hall–Kier alpha value is -1.42. The van der Waals surface area contributed by atoms with Crippen molar-refractivity contribution in [2.75, 3.05) is 12.4 Å². The number of anilines is 1. The van der Waals surface area contributed by atoms with Gasteiger partial charge in [0.05, 0.1) is 12.8 Å². The molecule has 0 saturated heterocycles. The minimum Gasteiger partial charge on any atom is -0.495 e. The maximum absolute atomic E-state index is 12.3. The van der Waals surface area contributed by atoms with Crippen LogP contribution in [0.15, 0.2) is 18.2 Å². The van der Waals surface area contributed by atoms with Crippen LogP contribution in [0.2, 0.25) is 5.02 Å². The van der Waals surface area contributed by atoms with Crippen molar-refractivity contribution in [2.45, 2.75) is 51.1 Å². The highest BCUT2D eigenvalue weighted by Gasteiger charge is 2.20. The number of rotatable bonds is 5. The van der Waals surface area contributed by atoms with E-state index in [1.807, 2.05) is 6.92 Å². The van der Waals surface area contributed by atoms with E-state index >= 15 is 0 Å². The van der Waals surface area contributed by atoms with Crippen LogP contribution in [0, 0.1) is 0 Å². The highest BCUT2D eigenvalue weighted by Crippen LogP contribution is 2.28. The summed E-state index contributed by atoms with van der Waals surface area (Å²) in [6, 6.07) is 5.30. The van der Waals surface area contributed by atoms with E-state index < -0.39 is 0 Å². The first kappa shape index (κ1) is 16.0. The Balaban J connectivity index is 1.95. The van der Waals surface area contributed by atoms with Crippen molar-refractivity contribution >= 4 is 23.2 Å². The predicted octanol–water partition coefficient (Wildman–Crippen LogP) is 3.60. The van der Waals surface area contributed by atoms with E-state index in [-0.39, 0.29) is 11.9 Å². The number of carbonyl (C=O) groups is 1. The maximum Gasteiger partial charge on any atom is 0.242 e. The molecule has 4 nitrogen and oxygen atoms in total. The van der Waals surface area contributed by atoms with Crippen LogP contribution in [0.5, 0.6) is 5.75 Å². The first-order chi connectivity index (χ1) is 10.1. The second-order valence-corrected chi connectivity index (χ2v) is 5.99. The monoisotopic (exact) mass is 310 g/mol. The van der Waals surface area contributed by atoms with E-state index in [0.717, 1.165) is 18.5 Å². The summed E-state index contributed by atoms with van der Waals surface area (Å²) in [6.07, 6.45) is 5.85. The average Bonchev–Trinajstić information content (AvgIpc) is 2.48. The lowest BCUT2D eigenvalue weighted by atomic mass is 9.95. The topological polar surface area (TPSA) is 50.4 Å². The zero-order chi connectivity index (χ0) is 15.2. The molecule has 1 amide bonds. The first-order valence-electron chi connectivity index (χ1n) is 7.50. The van der Waals surface area contributed by atoms with Crippen LogP contribution in [0.25, 0.3) is 0 Å². The molecule has 1 unspecified atom stereocenters. The van der Waals surface area contributed by atoms with Gasteiger partial charge < -0.3 is 15.4 Å². The number of nitrogens with one attached hydrogen (secondary N) is 2. The molecule has 21 heavy (non-hydrogen) atoms. The fourth-order valence-electron chi connectivity index (χ4n) is 2.66. The second-order valence-electron chi connectivity index (χ2n) is 5.55. The van der Waals surface area contributed by atoms with E-state index in [2.05, 4.69) is 10.6 Å². The summed E-state index contributed by atoms with van der Waals surface area (Å²) in [6.45, 7) is 1.85. The molecule has 2 N–H and O–H groups in total. The number of amides is 1. The number of methoxy groups -OCH3 is 1. The number of halogens is 1. The molecule has 0 aliphatic heterocycles. The van der Waals surface area contributed by atoms with Crippen molar-refractivity contribution < 1.29 is 9.53 Å². The Morgan fingerprint density at radius 3 is 2.71 bits per heavy atom. The molecule has 1 aliphatic carbocycles. The van der Waals surface area contributed by atoms with Crippen molar-refractivity contribution in [3.63, 3.8) is 0 Å². The number of carbonyl (C=O) groups excluding carboxylic acids is 1. The lowest BCUT2D eigenvalue weighted by Crippen LogP contribution is -2.44. The molecule has 1 fully saturated rings. The molecular weight excluding hydrogens is 288 g/mol. The van der Waals surface area contributed by atoms with Crippen molar-refractivity contribution in [3.8, 4) is 5.75 Å². The first-order valence-corrected chi connectivity index (χ1v) is 7.88. The standard InChI is InChI=1S/C16H23ClN2O2/c1-11(16(20)19-13-6-4-3-5-7-13)18-14-10-12(17)8-9-15(14)21-2/h8-11,13,18H,3-7H2,1-2H3,(H,19,20). The predicted molar refractivity (Wildman–Crippen MR) is 86.1 cm³/mol. The van der Waals surface area contributed by atoms with Gasteiger partial charge in [-0.15, -0.1) is 0 Å². The van der Waals surface area contributed by atoms with Crippen LogP contribution in [-0.2, 0) is 4.79 Å². The fraction of sp³-hybridized carbons (Fsp3) is 0.562. The van der Waals surface area contributed by atoms with Crippen LogP contribution in [0.3, 0.4) is 0 Å². The molecule has 0 heterocycles. The Kier molecular flexibility index (Phi) is 5.74. The van der Waals surface area contributed by atoms with Crippen molar-refractivity contribution in [1.82, 2.24) is 5.32 Å². The molecule has 1 aromatic carbocycles. The largest absolute Gasteiger partial charge is 0.495 e. The van der Waals surface area contributed by atoms with Crippen LogP contribution in [0.1, 0.15) is 39.0 Å². The lowest BCUT2D eigenvalue weighted by molar-refractivity contribution is -0.122. The molecule has 0 bridgehead atoms. The molecule has 1 aromatic rings. The molecule has 116 valence electrons. The smallest absolute Gasteiger partial charge is 0.242 e. The molecule has 0 spiro atoms. The molecule has 1 aliphatic rings. The van der Waals surface area contributed by atoms with Crippen LogP contribution < -0.4 is 15.4 Å². The molecular formula is C16H23ClN2O2. The Bertz CT molecular complexity index is 487. The summed E-state index contributed by atoms with van der Waals surface area (Å²) >= 11 is 6.00. The highest BCUT2D eigenvalue weighted by atomic mass is 35.5. The maximum atomic E-state index is 12.3. The molecule has 1 saturated carbocycles. The van der Waals surface area contributed by atoms with E-state index in [0.29, 0.717) is 16.8 Å². The van der Waals surface area contributed by atoms with Gasteiger partial charge in [-0.2, -0.15) is 0 Å². The summed E-state index contributed by atoms with van der Waals surface area (Å²) in [5, 5.41) is 6.90. The normalized spacial score (nSPS) is 17.1. The van der Waals surface area contributed by atoms with Gasteiger partial charge in [0.2, 0.25) is 5.91 Å². The van der Waals surface area contributed by atoms with E-state index in [9.17, 15) is 4.79 Å². The van der Waals surface area contributed by atoms with Crippen LogP contribution in [-0.4, -0.2) is 25.1 Å². The lowest BCUT2D eigenvalue weighted by Gasteiger charge is -2.25. The third-order valence-corrected chi connectivity index (χ3v) is 4.11. The second kappa shape index (κ2) is 7.55. The van der Waals surface area contributed by atoms with Gasteiger partial charge in [-0.1, -0.05) is 30.9 Å². The van der Waals surface area contributed by atoms with E-state index in [4.69, 9.17) is 16.3 Å². The minimum absolute atomic E-state index is 0.0175. The molecule has 1 atom stereocenters. The average molecular weight is 311 g/mol. The molecule has 0 aromatic heterocycles. The van der Waals surface area contributed by atoms with Crippen LogP contribution >= 0.6 is 11.6 Å².